The third kappa shape index (κ3) is 3.06. The summed E-state index contributed by atoms with van der Waals surface area (Å²) >= 11 is 3.28. The summed E-state index contributed by atoms with van der Waals surface area (Å²) in [6.07, 6.45) is 1.39. The average Bonchev–Trinajstić information content (AvgIpc) is 2.28. The molecule has 0 amide bonds. The van der Waals surface area contributed by atoms with Crippen molar-refractivity contribution >= 4 is 21.7 Å². The summed E-state index contributed by atoms with van der Waals surface area (Å²) < 4.78 is 5.13. The van der Waals surface area contributed by atoms with E-state index in [1.807, 2.05) is 25.1 Å². The van der Waals surface area contributed by atoms with Gasteiger partial charge in [0.05, 0.1) is 7.11 Å². The predicted molar refractivity (Wildman–Crippen MR) is 65.1 cm³/mol. The van der Waals surface area contributed by atoms with Crippen LogP contribution >= 0.6 is 15.9 Å². The Labute approximate surface area is 98.8 Å². The van der Waals surface area contributed by atoms with Gasteiger partial charge in [0.15, 0.2) is 5.78 Å². The maximum atomic E-state index is 11.8. The quantitative estimate of drug-likeness (QED) is 0.607. The van der Waals surface area contributed by atoms with E-state index in [1.54, 1.807) is 7.11 Å². The van der Waals surface area contributed by atoms with Gasteiger partial charge in [0.25, 0.3) is 0 Å². The highest BCUT2D eigenvalue weighted by Crippen LogP contribution is 2.19. The van der Waals surface area contributed by atoms with Crippen molar-refractivity contribution in [1.29, 1.82) is 0 Å². The van der Waals surface area contributed by atoms with Crippen LogP contribution in [0.25, 0.3) is 0 Å². The molecule has 1 aromatic rings. The molecule has 0 N–H and O–H groups in total. The molecule has 0 fully saturated rings. The minimum atomic E-state index is 0.186. The fourth-order valence-electron chi connectivity index (χ4n) is 1.48. The number of alkyl halides is 1. The van der Waals surface area contributed by atoms with Gasteiger partial charge in [-0.2, -0.15) is 0 Å². The number of rotatable bonds is 5. The maximum Gasteiger partial charge on any atom is 0.163 e. The molecule has 0 bridgehead atoms. The number of carbonyl (C=O) groups is 1. The second kappa shape index (κ2) is 5.91. The van der Waals surface area contributed by atoms with Crippen LogP contribution in [-0.2, 0) is 6.42 Å². The Balaban J connectivity index is 3.02. The van der Waals surface area contributed by atoms with Gasteiger partial charge in [-0.1, -0.05) is 22.9 Å². The van der Waals surface area contributed by atoms with Crippen LogP contribution in [0.3, 0.4) is 0 Å². The van der Waals surface area contributed by atoms with Crippen LogP contribution in [-0.4, -0.2) is 18.2 Å². The molecule has 82 valence electrons. The van der Waals surface area contributed by atoms with Crippen LogP contribution in [0.5, 0.6) is 5.75 Å². The van der Waals surface area contributed by atoms with Gasteiger partial charge in [-0.3, -0.25) is 4.79 Å². The van der Waals surface area contributed by atoms with E-state index in [1.165, 1.54) is 0 Å². The first-order valence-electron chi connectivity index (χ1n) is 4.99. The normalized spacial score (nSPS) is 10.1. The average molecular weight is 271 g/mol. The summed E-state index contributed by atoms with van der Waals surface area (Å²) in [7, 11) is 1.63. The van der Waals surface area contributed by atoms with Gasteiger partial charge >= 0.3 is 0 Å². The minimum Gasteiger partial charge on any atom is -0.497 e. The molecule has 0 saturated carbocycles. The van der Waals surface area contributed by atoms with Crippen LogP contribution in [0.4, 0.5) is 0 Å². The van der Waals surface area contributed by atoms with Crippen LogP contribution in [0.2, 0.25) is 0 Å². The highest BCUT2D eigenvalue weighted by molar-refractivity contribution is 9.09. The molecule has 0 unspecified atom stereocenters. The van der Waals surface area contributed by atoms with Crippen LogP contribution < -0.4 is 4.74 Å². The zero-order chi connectivity index (χ0) is 11.3. The summed E-state index contributed by atoms with van der Waals surface area (Å²) in [6.45, 7) is 2.04. The Bertz CT molecular complexity index is 347. The number of halogens is 1. The van der Waals surface area contributed by atoms with E-state index >= 15 is 0 Å². The lowest BCUT2D eigenvalue weighted by Crippen LogP contribution is -2.04. The van der Waals surface area contributed by atoms with Crippen molar-refractivity contribution in [2.45, 2.75) is 19.8 Å². The van der Waals surface area contributed by atoms with Gasteiger partial charge in [0.1, 0.15) is 5.75 Å². The second-order valence-corrected chi connectivity index (χ2v) is 4.03. The third-order valence-corrected chi connectivity index (χ3v) is 2.71. The molecule has 3 heteroatoms. The Hall–Kier alpha value is -0.830. The third-order valence-electron chi connectivity index (χ3n) is 2.32. The van der Waals surface area contributed by atoms with Gasteiger partial charge in [-0.25, -0.2) is 0 Å². The zero-order valence-corrected chi connectivity index (χ0v) is 10.6. The maximum absolute atomic E-state index is 11.8. The zero-order valence-electron chi connectivity index (χ0n) is 9.05. The molecule has 0 heterocycles. The number of ketones is 1. The second-order valence-electron chi connectivity index (χ2n) is 3.24. The molecule has 0 aliphatic heterocycles. The van der Waals surface area contributed by atoms with Gasteiger partial charge in [-0.05, 0) is 30.2 Å². The molecular weight excluding hydrogens is 256 g/mol. The summed E-state index contributed by atoms with van der Waals surface area (Å²) in [5.41, 5.74) is 1.87. The topological polar surface area (TPSA) is 26.3 Å². The van der Waals surface area contributed by atoms with Gasteiger partial charge in [-0.15, -0.1) is 0 Å². The van der Waals surface area contributed by atoms with Crippen LogP contribution in [0.15, 0.2) is 18.2 Å². The Morgan fingerprint density at radius 2 is 2.20 bits per heavy atom. The van der Waals surface area contributed by atoms with Crippen molar-refractivity contribution in [1.82, 2.24) is 0 Å². The van der Waals surface area contributed by atoms with E-state index < -0.39 is 0 Å². The van der Waals surface area contributed by atoms with Crippen molar-refractivity contribution < 1.29 is 9.53 Å². The lowest BCUT2D eigenvalue weighted by atomic mass is 10.00. The van der Waals surface area contributed by atoms with Crippen LogP contribution in [0.1, 0.15) is 29.3 Å². The minimum absolute atomic E-state index is 0.186. The van der Waals surface area contributed by atoms with Crippen molar-refractivity contribution in [3.05, 3.63) is 29.3 Å². The summed E-state index contributed by atoms with van der Waals surface area (Å²) in [4.78, 5) is 11.8. The van der Waals surface area contributed by atoms with Gasteiger partial charge < -0.3 is 4.74 Å². The van der Waals surface area contributed by atoms with Crippen molar-refractivity contribution in [3.8, 4) is 5.75 Å². The van der Waals surface area contributed by atoms with Crippen molar-refractivity contribution in [3.63, 3.8) is 0 Å². The molecule has 0 saturated heterocycles. The summed E-state index contributed by atoms with van der Waals surface area (Å²) in [6, 6.07) is 5.62. The molecule has 0 spiro atoms. The van der Waals surface area contributed by atoms with Gasteiger partial charge in [0.2, 0.25) is 0 Å². The largest absolute Gasteiger partial charge is 0.497 e. The molecule has 0 aliphatic rings. The van der Waals surface area contributed by atoms with Gasteiger partial charge in [0, 0.05) is 17.3 Å². The number of hydrogen-bond donors (Lipinski definition) is 0. The van der Waals surface area contributed by atoms with Crippen molar-refractivity contribution in [2.75, 3.05) is 12.4 Å². The molecule has 0 radical (unpaired) electrons. The number of benzene rings is 1. The highest BCUT2D eigenvalue weighted by atomic mass is 79.9. The monoisotopic (exact) mass is 270 g/mol. The van der Waals surface area contributed by atoms with E-state index in [4.69, 9.17) is 4.74 Å². The molecule has 0 aliphatic carbocycles. The molecular formula is C12H15BrO2. The number of Topliss-reactive ketones (excluding diaryl/α,β-unsaturated/α-hetero) is 1. The molecule has 0 aromatic heterocycles. The first kappa shape index (κ1) is 12.2. The van der Waals surface area contributed by atoms with E-state index in [-0.39, 0.29) is 5.78 Å². The Kier molecular flexibility index (Phi) is 4.82. The highest BCUT2D eigenvalue weighted by Gasteiger charge is 2.10. The summed E-state index contributed by atoms with van der Waals surface area (Å²) in [5, 5.41) is 0.709. The molecule has 15 heavy (non-hydrogen) atoms. The SMILES string of the molecule is CCc1cc(OC)ccc1C(=O)CCBr. The van der Waals surface area contributed by atoms with Crippen molar-refractivity contribution in [2.24, 2.45) is 0 Å². The number of carbonyl (C=O) groups excluding carboxylic acids is 1. The first-order valence-corrected chi connectivity index (χ1v) is 6.11. The van der Waals surface area contributed by atoms with E-state index in [2.05, 4.69) is 15.9 Å². The Morgan fingerprint density at radius 1 is 1.47 bits per heavy atom. The smallest absolute Gasteiger partial charge is 0.163 e. The van der Waals surface area contributed by atoms with E-state index in [9.17, 15) is 4.79 Å². The molecule has 1 aromatic carbocycles. The molecule has 0 atom stereocenters. The number of methoxy groups -OCH3 is 1. The van der Waals surface area contributed by atoms with E-state index in [0.717, 1.165) is 23.3 Å². The Morgan fingerprint density at radius 3 is 2.73 bits per heavy atom. The standard InChI is InChI=1S/C12H15BrO2/c1-3-9-8-10(15-2)4-5-11(9)12(14)6-7-13/h4-5,8H,3,6-7H2,1-2H3. The predicted octanol–water partition coefficient (Wildman–Crippen LogP) is 3.23. The van der Waals surface area contributed by atoms with E-state index in [0.29, 0.717) is 11.8 Å². The lowest BCUT2D eigenvalue weighted by Gasteiger charge is -2.08. The molecule has 1 rings (SSSR count). The number of hydrogen-bond acceptors (Lipinski definition) is 2. The van der Waals surface area contributed by atoms with Crippen LogP contribution in [0, 0.1) is 0 Å². The fourth-order valence-corrected chi connectivity index (χ4v) is 1.84. The number of aryl methyl sites for hydroxylation is 1. The fraction of sp³-hybridized carbons (Fsp3) is 0.417. The molecule has 2 nitrogen and oxygen atoms in total. The first-order chi connectivity index (χ1) is 7.22. The number of ether oxygens (including phenoxy) is 1. The lowest BCUT2D eigenvalue weighted by molar-refractivity contribution is 0.0989. The summed E-state index contributed by atoms with van der Waals surface area (Å²) in [5.74, 6) is 0.994.